The van der Waals surface area contributed by atoms with E-state index in [2.05, 4.69) is 224 Å². The first-order valence-corrected chi connectivity index (χ1v) is 23.8. The van der Waals surface area contributed by atoms with Gasteiger partial charge >= 0.3 is 0 Å². The summed E-state index contributed by atoms with van der Waals surface area (Å²) in [5.74, 6) is 0.684. The Balaban J connectivity index is 0.979. The lowest BCUT2D eigenvalue weighted by Crippen LogP contribution is -2.43. The molecule has 0 atom stereocenters. The van der Waals surface area contributed by atoms with Gasteiger partial charge in [0.2, 0.25) is 0 Å². The lowest BCUT2D eigenvalue weighted by molar-refractivity contribution is 0.633. The van der Waals surface area contributed by atoms with Crippen LogP contribution in [0, 0.1) is 0 Å². The molecule has 69 heavy (non-hydrogen) atoms. The van der Waals surface area contributed by atoms with Gasteiger partial charge in [-0.1, -0.05) is 224 Å². The first kappa shape index (κ1) is 38.2. The number of fused-ring (bicyclic) bond motifs is 19. The third-order valence-electron chi connectivity index (χ3n) is 15.4. The summed E-state index contributed by atoms with van der Waals surface area (Å²) in [7, 11) is 0. The van der Waals surface area contributed by atoms with Crippen LogP contribution >= 0.6 is 0 Å². The molecule has 0 fully saturated rings. The van der Waals surface area contributed by atoms with Crippen molar-refractivity contribution in [1.82, 2.24) is 9.97 Å². The summed E-state index contributed by atoms with van der Waals surface area (Å²) in [5.41, 5.74) is 23.1. The maximum absolute atomic E-state index is 6.46. The van der Waals surface area contributed by atoms with Gasteiger partial charge in [0.25, 0.3) is 0 Å². The van der Waals surface area contributed by atoms with Crippen LogP contribution in [-0.2, 0) is 10.8 Å². The molecule has 10 aromatic carbocycles. The Morgan fingerprint density at radius 3 is 1.32 bits per heavy atom. The summed E-state index contributed by atoms with van der Waals surface area (Å²) in [6.07, 6.45) is 0. The molecule has 15 rings (SSSR count). The van der Waals surface area contributed by atoms with Gasteiger partial charge in [0.05, 0.1) is 22.2 Å². The van der Waals surface area contributed by atoms with Gasteiger partial charge < -0.3 is 4.42 Å². The van der Waals surface area contributed by atoms with Crippen LogP contribution < -0.4 is 0 Å². The van der Waals surface area contributed by atoms with E-state index in [-0.39, 0.29) is 0 Å². The molecule has 0 aliphatic heterocycles. The van der Waals surface area contributed by atoms with Crippen LogP contribution in [0.15, 0.2) is 247 Å². The Morgan fingerprint density at radius 2 is 0.710 bits per heavy atom. The third kappa shape index (κ3) is 5.11. The Labute approximate surface area is 399 Å². The average molecular weight is 877 g/mol. The molecule has 2 heterocycles. The largest absolute Gasteiger partial charge is 0.455 e. The summed E-state index contributed by atoms with van der Waals surface area (Å²) in [6, 6.07) is 88.8. The molecule has 0 unspecified atom stereocenters. The lowest BCUT2D eigenvalue weighted by atomic mass is 9.52. The van der Waals surface area contributed by atoms with Gasteiger partial charge in [-0.15, -0.1) is 0 Å². The van der Waals surface area contributed by atoms with Gasteiger partial charge in [0.15, 0.2) is 5.82 Å². The highest BCUT2D eigenvalue weighted by Gasteiger charge is 2.59. The summed E-state index contributed by atoms with van der Waals surface area (Å²) < 4.78 is 6.46. The zero-order valence-corrected chi connectivity index (χ0v) is 37.4. The van der Waals surface area contributed by atoms with E-state index >= 15 is 0 Å². The Morgan fingerprint density at radius 1 is 0.275 bits per heavy atom. The molecular weight excluding hydrogens is 837 g/mol. The number of benzene rings is 10. The molecule has 0 N–H and O–H groups in total. The Bertz CT molecular complexity index is 4000. The van der Waals surface area contributed by atoms with E-state index in [0.29, 0.717) is 5.82 Å². The number of hydrogen-bond acceptors (Lipinski definition) is 3. The van der Waals surface area contributed by atoms with Gasteiger partial charge in [-0.05, 0) is 90.5 Å². The van der Waals surface area contributed by atoms with Crippen molar-refractivity contribution in [2.45, 2.75) is 10.8 Å². The highest BCUT2D eigenvalue weighted by Crippen LogP contribution is 2.67. The zero-order valence-electron chi connectivity index (χ0n) is 37.4. The fraction of sp³-hybridized carbons (Fsp3) is 0.0303. The second-order valence-corrected chi connectivity index (χ2v) is 18.7. The lowest BCUT2D eigenvalue weighted by Gasteiger charge is -2.49. The van der Waals surface area contributed by atoms with Crippen LogP contribution in [0.3, 0.4) is 0 Å². The van der Waals surface area contributed by atoms with Crippen LogP contribution in [0.5, 0.6) is 0 Å². The minimum Gasteiger partial charge on any atom is -0.455 e. The van der Waals surface area contributed by atoms with E-state index in [0.717, 1.165) is 61.1 Å². The van der Waals surface area contributed by atoms with Crippen LogP contribution in [0.2, 0.25) is 0 Å². The fourth-order valence-corrected chi connectivity index (χ4v) is 12.7. The molecule has 0 saturated carbocycles. The van der Waals surface area contributed by atoms with Crippen molar-refractivity contribution in [3.63, 3.8) is 0 Å². The molecule has 0 bridgehead atoms. The van der Waals surface area contributed by atoms with Crippen molar-refractivity contribution in [2.24, 2.45) is 0 Å². The quantitative estimate of drug-likeness (QED) is 0.177. The zero-order chi connectivity index (χ0) is 45.3. The van der Waals surface area contributed by atoms with Crippen LogP contribution in [0.4, 0.5) is 0 Å². The van der Waals surface area contributed by atoms with E-state index in [1.165, 1.54) is 66.8 Å². The topological polar surface area (TPSA) is 38.9 Å². The molecule has 3 aliphatic carbocycles. The minimum absolute atomic E-state index is 0.560. The van der Waals surface area contributed by atoms with Crippen LogP contribution in [0.1, 0.15) is 44.5 Å². The molecule has 0 amide bonds. The number of furan rings is 1. The van der Waals surface area contributed by atoms with Crippen molar-refractivity contribution in [1.29, 1.82) is 0 Å². The molecule has 320 valence electrons. The van der Waals surface area contributed by atoms with Gasteiger partial charge in [0.1, 0.15) is 11.2 Å². The Hall–Kier alpha value is -8.92. The van der Waals surface area contributed by atoms with Crippen LogP contribution in [-0.4, -0.2) is 9.97 Å². The number of aromatic nitrogens is 2. The second-order valence-electron chi connectivity index (χ2n) is 18.7. The normalized spacial score (nSPS) is 14.0. The monoisotopic (exact) mass is 876 g/mol. The van der Waals surface area contributed by atoms with Crippen molar-refractivity contribution < 1.29 is 4.42 Å². The number of nitrogens with zero attached hydrogens (tertiary/aromatic N) is 2. The van der Waals surface area contributed by atoms with Crippen LogP contribution in [0.25, 0.3) is 89.2 Å². The molecule has 3 nitrogen and oxygen atoms in total. The summed E-state index contributed by atoms with van der Waals surface area (Å²) in [6.45, 7) is 0. The van der Waals surface area contributed by atoms with E-state index in [4.69, 9.17) is 14.4 Å². The van der Waals surface area contributed by atoms with Crippen molar-refractivity contribution >= 4 is 21.9 Å². The van der Waals surface area contributed by atoms with Crippen molar-refractivity contribution in [2.75, 3.05) is 0 Å². The predicted octanol–water partition coefficient (Wildman–Crippen LogP) is 16.1. The van der Waals surface area contributed by atoms with Crippen molar-refractivity contribution in [3.05, 3.63) is 287 Å². The first-order valence-electron chi connectivity index (χ1n) is 23.8. The third-order valence-corrected chi connectivity index (χ3v) is 15.4. The molecule has 2 aromatic heterocycles. The van der Waals surface area contributed by atoms with E-state index in [1.807, 2.05) is 18.2 Å². The number of para-hydroxylation sites is 2. The second kappa shape index (κ2) is 14.3. The maximum Gasteiger partial charge on any atom is 0.160 e. The van der Waals surface area contributed by atoms with E-state index in [1.54, 1.807) is 0 Å². The van der Waals surface area contributed by atoms with Gasteiger partial charge in [-0.3, -0.25) is 0 Å². The first-order chi connectivity index (χ1) is 34.2. The van der Waals surface area contributed by atoms with Gasteiger partial charge in [-0.25, -0.2) is 9.97 Å². The van der Waals surface area contributed by atoms with E-state index < -0.39 is 10.8 Å². The van der Waals surface area contributed by atoms with E-state index in [9.17, 15) is 0 Å². The van der Waals surface area contributed by atoms with Gasteiger partial charge in [0, 0.05) is 33.0 Å². The minimum atomic E-state index is -0.608. The molecular formula is C66H40N2O. The molecule has 0 radical (unpaired) electrons. The van der Waals surface area contributed by atoms with Gasteiger partial charge in [-0.2, -0.15) is 0 Å². The molecule has 2 spiro atoms. The highest BCUT2D eigenvalue weighted by molar-refractivity contribution is 6.09. The highest BCUT2D eigenvalue weighted by atomic mass is 16.3. The molecule has 0 saturated heterocycles. The SMILES string of the molecule is c1ccc(-c2nc(-c3ccc(-c4cccc5c4oc4ccccc45)cc3)cc(-c3ccc4c(c3)C3(c5ccccc5-c5ccccc53)c3ccccc3C43c4ccccc4-c4ccccc43)n2)cc1. The summed E-state index contributed by atoms with van der Waals surface area (Å²) in [5, 5.41) is 2.24. The standard InChI is InChI=1S/C66H40N2O/c1-2-17-43(18-3-1)64-67-60(42-35-33-41(34-36-42)45-24-16-25-51-50-23-8-15-32-62(50)69-63(45)51)40-61(68-64)44-37-38-58-59(39-44)66(54-28-11-6-21-48(54)49-22-7-12-29-55(49)66)57-31-14-13-30-56(57)65(58)52-26-9-4-19-46(52)47-20-5-10-27-53(47)65/h1-40H. The average Bonchev–Trinajstić information content (AvgIpc) is 4.06. The van der Waals surface area contributed by atoms with Crippen molar-refractivity contribution in [3.8, 4) is 67.3 Å². The summed E-state index contributed by atoms with van der Waals surface area (Å²) >= 11 is 0. The maximum atomic E-state index is 6.46. The molecule has 3 heteroatoms. The smallest absolute Gasteiger partial charge is 0.160 e. The fourth-order valence-electron chi connectivity index (χ4n) is 12.7. The summed E-state index contributed by atoms with van der Waals surface area (Å²) in [4.78, 5) is 10.8. The predicted molar refractivity (Wildman–Crippen MR) is 279 cm³/mol. The number of rotatable bonds is 4. The number of hydrogen-bond donors (Lipinski definition) is 0. The molecule has 12 aromatic rings. The Kier molecular flexibility index (Phi) is 7.92. The molecule has 3 aliphatic rings.